The maximum absolute atomic E-state index is 5.59. The van der Waals surface area contributed by atoms with Gasteiger partial charge in [-0.2, -0.15) is 0 Å². The lowest BCUT2D eigenvalue weighted by Crippen LogP contribution is -1.90. The largest absolute Gasteiger partial charge is 0.459 e. The number of hydrogen-bond donors (Lipinski definition) is 0. The van der Waals surface area contributed by atoms with Crippen molar-refractivity contribution in [2.45, 2.75) is 0 Å². The summed E-state index contributed by atoms with van der Waals surface area (Å²) in [6.07, 6.45) is 2.94. The highest BCUT2D eigenvalue weighted by Crippen LogP contribution is 2.38. The molecule has 0 bridgehead atoms. The summed E-state index contributed by atoms with van der Waals surface area (Å²) in [6.45, 7) is 0. The Morgan fingerprint density at radius 1 is 0.545 bits per heavy atom. The van der Waals surface area contributed by atoms with E-state index in [-0.39, 0.29) is 0 Å². The minimum atomic E-state index is 0.664. The zero-order chi connectivity index (χ0) is 16.3. The monoisotopic (exact) mass is 680 g/mol. The molecule has 0 heterocycles. The van der Waals surface area contributed by atoms with Gasteiger partial charge in [0.25, 0.3) is 0 Å². The van der Waals surface area contributed by atoms with E-state index in [0.29, 0.717) is 11.5 Å². The molecule has 0 aliphatic carbocycles. The van der Waals surface area contributed by atoms with Crippen molar-refractivity contribution in [2.75, 3.05) is 0 Å². The summed E-state index contributed by atoms with van der Waals surface area (Å²) >= 11 is 20.6. The Balaban J connectivity index is 2.09. The van der Waals surface area contributed by atoms with Crippen molar-refractivity contribution < 1.29 is 9.47 Å². The third kappa shape index (κ3) is 5.08. The molecule has 0 amide bonds. The normalized spacial score (nSPS) is 11.0. The molecule has 8 heteroatoms. The van der Waals surface area contributed by atoms with Gasteiger partial charge < -0.3 is 9.47 Å². The molecule has 0 atom stereocenters. The van der Waals surface area contributed by atoms with Crippen LogP contribution in [0.15, 0.2) is 63.6 Å². The van der Waals surface area contributed by atoms with Crippen LogP contribution in [0, 0.1) is 0 Å². The van der Waals surface area contributed by atoms with Crippen LogP contribution in [0.4, 0.5) is 0 Å². The van der Waals surface area contributed by atoms with Crippen molar-refractivity contribution >= 4 is 95.6 Å². The van der Waals surface area contributed by atoms with Crippen LogP contribution in [0.3, 0.4) is 0 Å². The van der Waals surface area contributed by atoms with Gasteiger partial charge in [0.05, 0.1) is 17.9 Å². The average molecular weight is 686 g/mol. The van der Waals surface area contributed by atoms with Crippen LogP contribution in [0.5, 0.6) is 11.5 Å². The molecule has 0 saturated carbocycles. The van der Waals surface area contributed by atoms with E-state index in [2.05, 4.69) is 95.6 Å². The number of halogens is 6. The van der Waals surface area contributed by atoms with Crippen molar-refractivity contribution in [1.29, 1.82) is 0 Å². The predicted octanol–water partition coefficient (Wildman–Crippen LogP) is 8.19. The van der Waals surface area contributed by atoms with Gasteiger partial charge in [-0.3, -0.25) is 0 Å². The lowest BCUT2D eigenvalue weighted by molar-refractivity contribution is 0.416. The van der Waals surface area contributed by atoms with Crippen molar-refractivity contribution in [1.82, 2.24) is 0 Å². The van der Waals surface area contributed by atoms with Crippen LogP contribution in [0.2, 0.25) is 0 Å². The predicted molar refractivity (Wildman–Crippen MR) is 109 cm³/mol. The second kappa shape index (κ2) is 8.67. The van der Waals surface area contributed by atoms with Crippen molar-refractivity contribution in [3.8, 4) is 11.5 Å². The Morgan fingerprint density at radius 2 is 0.818 bits per heavy atom. The van der Waals surface area contributed by atoms with Gasteiger partial charge in [-0.05, 0) is 88.0 Å². The maximum atomic E-state index is 5.59. The molecule has 0 spiro atoms. The van der Waals surface area contributed by atoms with Crippen LogP contribution in [0.25, 0.3) is 0 Å². The SMILES string of the molecule is Brc1cc(Br)c(OC=COc2c(Br)cc(Br)cc2Br)c(Br)c1. The number of ether oxygens (including phenoxy) is 2. The van der Waals surface area contributed by atoms with Gasteiger partial charge in [0, 0.05) is 8.95 Å². The Bertz CT molecular complexity index is 622. The van der Waals surface area contributed by atoms with Crippen molar-refractivity contribution in [3.63, 3.8) is 0 Å². The van der Waals surface area contributed by atoms with E-state index in [9.17, 15) is 0 Å². The van der Waals surface area contributed by atoms with E-state index in [1.165, 1.54) is 12.5 Å². The summed E-state index contributed by atoms with van der Waals surface area (Å²) in [6, 6.07) is 7.60. The fourth-order valence-corrected chi connectivity index (χ4v) is 6.37. The molecule has 2 rings (SSSR count). The lowest BCUT2D eigenvalue weighted by Gasteiger charge is -2.08. The summed E-state index contributed by atoms with van der Waals surface area (Å²) in [5, 5.41) is 0. The highest BCUT2D eigenvalue weighted by Gasteiger charge is 2.08. The fourth-order valence-electron chi connectivity index (χ4n) is 1.47. The second-order valence-corrected chi connectivity index (χ2v) is 9.15. The number of rotatable bonds is 4. The molecule has 0 aromatic heterocycles. The van der Waals surface area contributed by atoms with Crippen LogP contribution >= 0.6 is 95.6 Å². The third-order valence-corrected chi connectivity index (χ3v) is 5.63. The first-order valence-corrected chi connectivity index (χ1v) is 10.4. The molecule has 2 aromatic carbocycles. The van der Waals surface area contributed by atoms with E-state index in [1.807, 2.05) is 24.3 Å². The molecule has 0 unspecified atom stereocenters. The number of benzene rings is 2. The van der Waals surface area contributed by atoms with Gasteiger partial charge in [0.2, 0.25) is 0 Å². The smallest absolute Gasteiger partial charge is 0.155 e. The molecular weight excluding hydrogens is 680 g/mol. The zero-order valence-electron chi connectivity index (χ0n) is 10.5. The van der Waals surface area contributed by atoms with E-state index in [1.54, 1.807) is 0 Å². The highest BCUT2D eigenvalue weighted by molar-refractivity contribution is 9.12. The van der Waals surface area contributed by atoms with Crippen LogP contribution in [-0.4, -0.2) is 0 Å². The first kappa shape index (κ1) is 19.0. The van der Waals surface area contributed by atoms with Crippen LogP contribution < -0.4 is 9.47 Å². The maximum Gasteiger partial charge on any atom is 0.155 e. The molecule has 0 saturated heterocycles. The zero-order valence-corrected chi connectivity index (χ0v) is 20.1. The minimum absolute atomic E-state index is 0.664. The summed E-state index contributed by atoms with van der Waals surface area (Å²) in [7, 11) is 0. The molecule has 2 aromatic rings. The van der Waals surface area contributed by atoms with Gasteiger partial charge in [-0.15, -0.1) is 0 Å². The average Bonchev–Trinajstić information content (AvgIpc) is 2.38. The highest BCUT2D eigenvalue weighted by atomic mass is 79.9. The molecule has 2 nitrogen and oxygen atoms in total. The topological polar surface area (TPSA) is 18.5 Å². The van der Waals surface area contributed by atoms with Gasteiger partial charge in [0.15, 0.2) is 11.5 Å². The van der Waals surface area contributed by atoms with E-state index in [4.69, 9.17) is 9.47 Å². The Labute approximate surface area is 178 Å². The molecule has 0 aliphatic rings. The quantitative estimate of drug-likeness (QED) is 0.303. The first-order chi connectivity index (χ1) is 10.4. The molecule has 116 valence electrons. The molecule has 0 N–H and O–H groups in total. The Morgan fingerprint density at radius 3 is 1.09 bits per heavy atom. The van der Waals surface area contributed by atoms with Gasteiger partial charge >= 0.3 is 0 Å². The fraction of sp³-hybridized carbons (Fsp3) is 0. The van der Waals surface area contributed by atoms with Gasteiger partial charge in [-0.25, -0.2) is 0 Å². The van der Waals surface area contributed by atoms with Crippen LogP contribution in [-0.2, 0) is 0 Å². The third-order valence-electron chi connectivity index (χ3n) is 2.35. The summed E-state index contributed by atoms with van der Waals surface area (Å²) < 4.78 is 16.4. The molecular formula is C14H6Br6O2. The standard InChI is InChI=1S/C14H6Br6O2/c15-7-3-9(17)13(10(18)4-7)21-1-2-22-14-11(19)5-8(16)6-12(14)20/h1-6H. The van der Waals surface area contributed by atoms with E-state index in [0.717, 1.165) is 26.8 Å². The summed E-state index contributed by atoms with van der Waals surface area (Å²) in [5.41, 5.74) is 0. The van der Waals surface area contributed by atoms with Crippen molar-refractivity contribution in [2.24, 2.45) is 0 Å². The summed E-state index contributed by atoms with van der Waals surface area (Å²) in [5.74, 6) is 1.33. The van der Waals surface area contributed by atoms with E-state index < -0.39 is 0 Å². The molecule has 22 heavy (non-hydrogen) atoms. The Kier molecular flexibility index (Phi) is 7.48. The molecule has 0 fully saturated rings. The lowest BCUT2D eigenvalue weighted by atomic mass is 10.3. The van der Waals surface area contributed by atoms with Crippen LogP contribution in [0.1, 0.15) is 0 Å². The first-order valence-electron chi connectivity index (χ1n) is 5.66. The van der Waals surface area contributed by atoms with Crippen molar-refractivity contribution in [3.05, 3.63) is 63.6 Å². The Hall–Kier alpha value is 0.660. The second-order valence-electron chi connectivity index (χ2n) is 3.90. The summed E-state index contributed by atoms with van der Waals surface area (Å²) in [4.78, 5) is 0. The molecule has 0 aliphatic heterocycles. The molecule has 0 radical (unpaired) electrons. The van der Waals surface area contributed by atoms with E-state index >= 15 is 0 Å². The van der Waals surface area contributed by atoms with Gasteiger partial charge in [-0.1, -0.05) is 31.9 Å². The minimum Gasteiger partial charge on any atom is -0.459 e. The van der Waals surface area contributed by atoms with Gasteiger partial charge in [0.1, 0.15) is 12.5 Å². The number of hydrogen-bond acceptors (Lipinski definition) is 2.